The van der Waals surface area contributed by atoms with Crippen molar-refractivity contribution in [3.63, 3.8) is 0 Å². The van der Waals surface area contributed by atoms with Crippen molar-refractivity contribution in [2.75, 3.05) is 25.7 Å². The number of nitro groups is 1. The van der Waals surface area contributed by atoms with Crippen molar-refractivity contribution in [3.05, 3.63) is 33.9 Å². The zero-order chi connectivity index (χ0) is 15.4. The summed E-state index contributed by atoms with van der Waals surface area (Å²) in [7, 11) is 1.69. The van der Waals surface area contributed by atoms with Crippen LogP contribution in [0.15, 0.2) is 18.2 Å². The second-order valence-electron chi connectivity index (χ2n) is 4.89. The second-order valence-corrected chi connectivity index (χ2v) is 4.89. The Hall–Kier alpha value is -2.19. The molecule has 1 saturated heterocycles. The van der Waals surface area contributed by atoms with Crippen molar-refractivity contribution < 1.29 is 14.5 Å². The molecule has 3 N–H and O–H groups in total. The molecular weight excluding hydrogens is 276 g/mol. The third-order valence-electron chi connectivity index (χ3n) is 3.66. The third-order valence-corrected chi connectivity index (χ3v) is 3.66. The average molecular weight is 294 g/mol. The lowest BCUT2D eigenvalue weighted by Crippen LogP contribution is -2.41. The van der Waals surface area contributed by atoms with Crippen molar-refractivity contribution >= 4 is 17.3 Å². The van der Waals surface area contributed by atoms with Crippen LogP contribution in [0.1, 0.15) is 23.2 Å². The van der Waals surface area contributed by atoms with Gasteiger partial charge in [0.25, 0.3) is 11.6 Å². The monoisotopic (exact) mass is 294 g/mol. The van der Waals surface area contributed by atoms with Crippen molar-refractivity contribution in [2.24, 2.45) is 5.84 Å². The van der Waals surface area contributed by atoms with E-state index in [2.05, 4.69) is 5.43 Å². The minimum Gasteiger partial charge on any atom is -0.381 e. The molecule has 114 valence electrons. The van der Waals surface area contributed by atoms with E-state index in [0.717, 1.165) is 12.8 Å². The molecule has 8 nitrogen and oxygen atoms in total. The lowest BCUT2D eigenvalue weighted by Gasteiger charge is -2.31. The Morgan fingerprint density at radius 3 is 2.71 bits per heavy atom. The topological polar surface area (TPSA) is 111 Å². The van der Waals surface area contributed by atoms with Crippen LogP contribution in [0.5, 0.6) is 0 Å². The molecule has 8 heteroatoms. The summed E-state index contributed by atoms with van der Waals surface area (Å²) in [6, 6.07) is 4.05. The summed E-state index contributed by atoms with van der Waals surface area (Å²) in [5, 5.41) is 10.9. The molecule has 1 aromatic carbocycles. The fourth-order valence-electron chi connectivity index (χ4n) is 2.38. The number of anilines is 1. The highest BCUT2D eigenvalue weighted by atomic mass is 16.6. The molecule has 1 aliphatic heterocycles. The van der Waals surface area contributed by atoms with Gasteiger partial charge in [0, 0.05) is 38.4 Å². The van der Waals surface area contributed by atoms with Gasteiger partial charge in [0.1, 0.15) is 0 Å². The van der Waals surface area contributed by atoms with E-state index in [9.17, 15) is 14.9 Å². The van der Waals surface area contributed by atoms with Crippen molar-refractivity contribution in [1.82, 2.24) is 4.90 Å². The van der Waals surface area contributed by atoms with Gasteiger partial charge in [-0.25, -0.2) is 0 Å². The molecule has 0 radical (unpaired) electrons. The van der Waals surface area contributed by atoms with Crippen LogP contribution in [0.3, 0.4) is 0 Å². The fraction of sp³-hybridized carbons (Fsp3) is 0.462. The number of ether oxygens (including phenoxy) is 1. The minimum atomic E-state index is -0.536. The van der Waals surface area contributed by atoms with Gasteiger partial charge in [0.05, 0.1) is 16.2 Å². The lowest BCUT2D eigenvalue weighted by atomic mass is 10.1. The Morgan fingerprint density at radius 1 is 1.48 bits per heavy atom. The molecule has 2 rings (SSSR count). The number of carbonyl (C=O) groups is 1. The highest BCUT2D eigenvalue weighted by Crippen LogP contribution is 2.24. The first-order valence-corrected chi connectivity index (χ1v) is 6.64. The molecule has 1 heterocycles. The van der Waals surface area contributed by atoms with E-state index >= 15 is 0 Å². The van der Waals surface area contributed by atoms with Crippen LogP contribution in [0, 0.1) is 10.1 Å². The molecule has 1 aliphatic rings. The normalized spacial score (nSPS) is 15.5. The lowest BCUT2D eigenvalue weighted by molar-refractivity contribution is -0.384. The van der Waals surface area contributed by atoms with Crippen LogP contribution in [-0.2, 0) is 4.74 Å². The molecule has 0 aromatic heterocycles. The van der Waals surface area contributed by atoms with Crippen LogP contribution in [0.4, 0.5) is 11.4 Å². The van der Waals surface area contributed by atoms with Gasteiger partial charge < -0.3 is 15.1 Å². The first-order valence-electron chi connectivity index (χ1n) is 6.64. The zero-order valence-corrected chi connectivity index (χ0v) is 11.7. The predicted octanol–water partition coefficient (Wildman–Crippen LogP) is 1.13. The number of benzene rings is 1. The number of hydrogen-bond donors (Lipinski definition) is 2. The van der Waals surface area contributed by atoms with Gasteiger partial charge in [-0.05, 0) is 18.9 Å². The van der Waals surface area contributed by atoms with E-state index in [4.69, 9.17) is 10.6 Å². The molecule has 21 heavy (non-hydrogen) atoms. The van der Waals surface area contributed by atoms with Gasteiger partial charge in [-0.1, -0.05) is 0 Å². The number of nitro benzene ring substituents is 1. The van der Waals surface area contributed by atoms with Crippen molar-refractivity contribution in [1.29, 1.82) is 0 Å². The molecular formula is C13H18N4O4. The number of nitrogen functional groups attached to an aromatic ring is 1. The van der Waals surface area contributed by atoms with E-state index in [1.165, 1.54) is 18.2 Å². The zero-order valence-electron chi connectivity index (χ0n) is 11.7. The smallest absolute Gasteiger partial charge is 0.270 e. The Kier molecular flexibility index (Phi) is 4.71. The molecule has 0 aliphatic carbocycles. The summed E-state index contributed by atoms with van der Waals surface area (Å²) in [6.07, 6.45) is 1.51. The van der Waals surface area contributed by atoms with Crippen LogP contribution in [-0.4, -0.2) is 42.0 Å². The molecule has 1 aromatic rings. The molecule has 0 spiro atoms. The van der Waals surface area contributed by atoms with Gasteiger partial charge in [0.2, 0.25) is 0 Å². The number of carbonyl (C=O) groups excluding carboxylic acids is 1. The van der Waals surface area contributed by atoms with Crippen LogP contribution < -0.4 is 11.3 Å². The maximum atomic E-state index is 12.6. The summed E-state index contributed by atoms with van der Waals surface area (Å²) < 4.78 is 5.27. The third kappa shape index (κ3) is 3.29. The highest BCUT2D eigenvalue weighted by molar-refractivity contribution is 6.00. The SMILES string of the molecule is CN(C(=O)c1cc([N+](=O)[O-])ccc1NN)C1CCOCC1. The van der Waals surface area contributed by atoms with E-state index in [1.807, 2.05) is 0 Å². The van der Waals surface area contributed by atoms with Crippen LogP contribution in [0.25, 0.3) is 0 Å². The quantitative estimate of drug-likeness (QED) is 0.489. The molecule has 0 unspecified atom stereocenters. The molecule has 0 saturated carbocycles. The first kappa shape index (κ1) is 15.2. The van der Waals surface area contributed by atoms with Crippen LogP contribution >= 0.6 is 0 Å². The average Bonchev–Trinajstić information content (AvgIpc) is 2.53. The van der Waals surface area contributed by atoms with Gasteiger partial charge in [-0.15, -0.1) is 0 Å². The molecule has 1 amide bonds. The van der Waals surface area contributed by atoms with E-state index in [-0.39, 0.29) is 23.2 Å². The Morgan fingerprint density at radius 2 is 2.14 bits per heavy atom. The highest BCUT2D eigenvalue weighted by Gasteiger charge is 2.26. The summed E-state index contributed by atoms with van der Waals surface area (Å²) in [5.41, 5.74) is 2.83. The minimum absolute atomic E-state index is 0.0659. The van der Waals surface area contributed by atoms with Gasteiger partial charge in [0.15, 0.2) is 0 Å². The van der Waals surface area contributed by atoms with E-state index < -0.39 is 4.92 Å². The number of hydrazine groups is 1. The summed E-state index contributed by atoms with van der Waals surface area (Å²) in [5.74, 6) is 5.09. The number of hydrogen-bond acceptors (Lipinski definition) is 6. The van der Waals surface area contributed by atoms with Crippen molar-refractivity contribution in [3.8, 4) is 0 Å². The van der Waals surface area contributed by atoms with Crippen molar-refractivity contribution in [2.45, 2.75) is 18.9 Å². The maximum Gasteiger partial charge on any atom is 0.270 e. The van der Waals surface area contributed by atoms with E-state index in [0.29, 0.717) is 18.9 Å². The Labute approximate surface area is 122 Å². The number of nitrogens with two attached hydrogens (primary N) is 1. The Bertz CT molecular complexity index is 543. The molecule has 1 fully saturated rings. The number of rotatable bonds is 4. The molecule has 0 bridgehead atoms. The van der Waals surface area contributed by atoms with Gasteiger partial charge in [-0.2, -0.15) is 0 Å². The fourth-order valence-corrected chi connectivity index (χ4v) is 2.38. The van der Waals surface area contributed by atoms with Gasteiger partial charge >= 0.3 is 0 Å². The standard InChI is InChI=1S/C13H18N4O4/c1-16(9-4-6-21-7-5-9)13(18)11-8-10(17(19)20)2-3-12(11)15-14/h2-3,8-9,15H,4-7,14H2,1H3. The predicted molar refractivity (Wildman–Crippen MR) is 76.8 cm³/mol. The number of amides is 1. The first-order chi connectivity index (χ1) is 10.0. The summed E-state index contributed by atoms with van der Waals surface area (Å²) in [4.78, 5) is 24.5. The summed E-state index contributed by atoms with van der Waals surface area (Å²) in [6.45, 7) is 1.22. The largest absolute Gasteiger partial charge is 0.381 e. The Balaban J connectivity index is 2.27. The van der Waals surface area contributed by atoms with E-state index in [1.54, 1.807) is 11.9 Å². The van der Waals surface area contributed by atoms with Gasteiger partial charge in [-0.3, -0.25) is 20.8 Å². The van der Waals surface area contributed by atoms with Crippen LogP contribution in [0.2, 0.25) is 0 Å². The molecule has 0 atom stereocenters. The number of nitrogens with zero attached hydrogens (tertiary/aromatic N) is 2. The maximum absolute atomic E-state index is 12.6. The number of non-ortho nitro benzene ring substituents is 1. The summed E-state index contributed by atoms with van der Waals surface area (Å²) >= 11 is 0. The number of nitrogens with one attached hydrogen (secondary N) is 1. The second kappa shape index (κ2) is 6.51.